The minimum absolute atomic E-state index is 0.0455. The molecule has 7 nitrogen and oxygen atoms in total. The number of aliphatic carboxylic acids is 1. The molecule has 0 aromatic heterocycles. The SMILES string of the molecule is CCN(C#N)C(=O)N(CCc1ccccc1)C(=O)C=CC(=O)O. The van der Waals surface area contributed by atoms with E-state index in [-0.39, 0.29) is 13.1 Å². The van der Waals surface area contributed by atoms with Gasteiger partial charge in [-0.05, 0) is 18.9 Å². The standard InChI is InChI=1S/C16H17N3O4/c1-2-18(12-17)16(23)19(14(20)8-9-15(21)22)11-10-13-6-4-3-5-7-13/h3-9H,2,10-11H2,1H3,(H,21,22). The Kier molecular flexibility index (Phi) is 7.01. The highest BCUT2D eigenvalue weighted by atomic mass is 16.4. The third-order valence-corrected chi connectivity index (χ3v) is 3.00. The first-order valence-corrected chi connectivity index (χ1v) is 6.97. The maximum Gasteiger partial charge on any atom is 0.340 e. The van der Waals surface area contributed by atoms with Gasteiger partial charge in [-0.15, -0.1) is 0 Å². The van der Waals surface area contributed by atoms with Gasteiger partial charge in [0.1, 0.15) is 0 Å². The molecule has 0 aliphatic heterocycles. The first-order valence-electron chi connectivity index (χ1n) is 6.97. The second-order valence-corrected chi connectivity index (χ2v) is 4.52. The number of nitriles is 1. The zero-order valence-corrected chi connectivity index (χ0v) is 12.7. The number of carboxylic acid groups (broad SMARTS) is 1. The van der Waals surface area contributed by atoms with Crippen molar-refractivity contribution in [2.24, 2.45) is 0 Å². The fourth-order valence-corrected chi connectivity index (χ4v) is 1.81. The van der Waals surface area contributed by atoms with Gasteiger partial charge in [-0.3, -0.25) is 9.69 Å². The van der Waals surface area contributed by atoms with E-state index in [1.807, 2.05) is 30.3 Å². The number of amides is 3. The molecule has 0 fully saturated rings. The van der Waals surface area contributed by atoms with Crippen molar-refractivity contribution in [3.05, 3.63) is 48.0 Å². The summed E-state index contributed by atoms with van der Waals surface area (Å²) in [5.41, 5.74) is 0.917. The predicted molar refractivity (Wildman–Crippen MR) is 82.0 cm³/mol. The number of carboxylic acids is 1. The van der Waals surface area contributed by atoms with Gasteiger partial charge in [0, 0.05) is 25.2 Å². The van der Waals surface area contributed by atoms with Gasteiger partial charge in [-0.25, -0.2) is 14.5 Å². The van der Waals surface area contributed by atoms with Crippen molar-refractivity contribution in [1.82, 2.24) is 9.80 Å². The van der Waals surface area contributed by atoms with Crippen molar-refractivity contribution in [3.63, 3.8) is 0 Å². The van der Waals surface area contributed by atoms with Crippen molar-refractivity contribution >= 4 is 17.9 Å². The van der Waals surface area contributed by atoms with Gasteiger partial charge in [0.15, 0.2) is 6.19 Å². The number of nitrogens with zero attached hydrogens (tertiary/aromatic N) is 3. The number of carbonyl (C=O) groups is 3. The lowest BCUT2D eigenvalue weighted by molar-refractivity contribution is -0.132. The molecule has 1 N–H and O–H groups in total. The number of urea groups is 1. The van der Waals surface area contributed by atoms with Crippen molar-refractivity contribution in [1.29, 1.82) is 5.26 Å². The van der Waals surface area contributed by atoms with E-state index in [0.29, 0.717) is 12.5 Å². The Bertz CT molecular complexity index is 634. The lowest BCUT2D eigenvalue weighted by Gasteiger charge is -2.23. The quantitative estimate of drug-likeness (QED) is 0.488. The number of hydrogen-bond donors (Lipinski definition) is 1. The van der Waals surface area contributed by atoms with Crippen LogP contribution in [0.4, 0.5) is 4.79 Å². The number of rotatable bonds is 6. The highest BCUT2D eigenvalue weighted by Gasteiger charge is 2.24. The molecule has 0 unspecified atom stereocenters. The van der Waals surface area contributed by atoms with Crippen molar-refractivity contribution < 1.29 is 19.5 Å². The molecule has 0 bridgehead atoms. The minimum Gasteiger partial charge on any atom is -0.478 e. The van der Waals surface area contributed by atoms with Crippen LogP contribution in [0.2, 0.25) is 0 Å². The average Bonchev–Trinajstić information content (AvgIpc) is 2.55. The second-order valence-electron chi connectivity index (χ2n) is 4.52. The van der Waals surface area contributed by atoms with E-state index < -0.39 is 17.9 Å². The monoisotopic (exact) mass is 315 g/mol. The molecule has 120 valence electrons. The lowest BCUT2D eigenvalue weighted by Crippen LogP contribution is -2.44. The topological polar surface area (TPSA) is 102 Å². The molecule has 1 aromatic rings. The smallest absolute Gasteiger partial charge is 0.340 e. The average molecular weight is 315 g/mol. The Balaban J connectivity index is 2.91. The van der Waals surface area contributed by atoms with Crippen LogP contribution in [0.3, 0.4) is 0 Å². The summed E-state index contributed by atoms with van der Waals surface area (Å²) in [5, 5.41) is 17.5. The van der Waals surface area contributed by atoms with E-state index in [2.05, 4.69) is 0 Å². The van der Waals surface area contributed by atoms with Gasteiger partial charge >= 0.3 is 12.0 Å². The van der Waals surface area contributed by atoms with Gasteiger partial charge in [0.05, 0.1) is 0 Å². The number of benzene rings is 1. The molecule has 0 aliphatic carbocycles. The van der Waals surface area contributed by atoms with Gasteiger partial charge in [-0.1, -0.05) is 30.3 Å². The fourth-order valence-electron chi connectivity index (χ4n) is 1.81. The molecular weight excluding hydrogens is 298 g/mol. The number of carbonyl (C=O) groups excluding carboxylic acids is 2. The van der Waals surface area contributed by atoms with Crippen LogP contribution >= 0.6 is 0 Å². The zero-order valence-electron chi connectivity index (χ0n) is 12.7. The summed E-state index contributed by atoms with van der Waals surface area (Å²) in [6.07, 6.45) is 3.57. The summed E-state index contributed by atoms with van der Waals surface area (Å²) in [6, 6.07) is 8.44. The second kappa shape index (κ2) is 9.00. The van der Waals surface area contributed by atoms with Crippen LogP contribution in [-0.2, 0) is 16.0 Å². The van der Waals surface area contributed by atoms with E-state index in [4.69, 9.17) is 10.4 Å². The summed E-state index contributed by atoms with van der Waals surface area (Å²) in [5.74, 6) is -2.07. The Labute approximate surface area is 134 Å². The summed E-state index contributed by atoms with van der Waals surface area (Å²) in [4.78, 5) is 36.5. The molecule has 0 saturated carbocycles. The van der Waals surface area contributed by atoms with Crippen LogP contribution in [-0.4, -0.2) is 45.9 Å². The maximum absolute atomic E-state index is 12.2. The summed E-state index contributed by atoms with van der Waals surface area (Å²) in [6.45, 7) is 1.77. The molecule has 0 atom stereocenters. The van der Waals surface area contributed by atoms with Crippen LogP contribution in [0, 0.1) is 11.5 Å². The molecule has 23 heavy (non-hydrogen) atoms. The van der Waals surface area contributed by atoms with E-state index in [1.54, 1.807) is 13.1 Å². The molecule has 7 heteroatoms. The van der Waals surface area contributed by atoms with E-state index in [9.17, 15) is 14.4 Å². The Morgan fingerprint density at radius 2 is 1.87 bits per heavy atom. The first kappa shape index (κ1) is 17.9. The fraction of sp³-hybridized carbons (Fsp3) is 0.250. The van der Waals surface area contributed by atoms with E-state index in [0.717, 1.165) is 21.4 Å². The van der Waals surface area contributed by atoms with Crippen molar-refractivity contribution in [2.75, 3.05) is 13.1 Å². The molecule has 0 heterocycles. The molecule has 0 aliphatic rings. The van der Waals surface area contributed by atoms with Gasteiger partial charge in [-0.2, -0.15) is 5.26 Å². The largest absolute Gasteiger partial charge is 0.478 e. The summed E-state index contributed by atoms with van der Waals surface area (Å²) >= 11 is 0. The first-order chi connectivity index (χ1) is 11.0. The minimum atomic E-state index is -1.29. The molecule has 0 radical (unpaired) electrons. The normalized spacial score (nSPS) is 10.1. The molecule has 1 aromatic carbocycles. The third-order valence-electron chi connectivity index (χ3n) is 3.00. The van der Waals surface area contributed by atoms with E-state index in [1.165, 1.54) is 0 Å². The van der Waals surface area contributed by atoms with E-state index >= 15 is 0 Å². The van der Waals surface area contributed by atoms with Crippen molar-refractivity contribution in [2.45, 2.75) is 13.3 Å². The highest BCUT2D eigenvalue weighted by molar-refractivity contribution is 6.02. The van der Waals surface area contributed by atoms with Gasteiger partial charge in [0.25, 0.3) is 5.91 Å². The Morgan fingerprint density at radius 1 is 1.22 bits per heavy atom. The summed E-state index contributed by atoms with van der Waals surface area (Å²) < 4.78 is 0. The molecule has 3 amide bonds. The van der Waals surface area contributed by atoms with Gasteiger partial charge < -0.3 is 5.11 Å². The Hall–Kier alpha value is -3.14. The van der Waals surface area contributed by atoms with Crippen LogP contribution in [0.5, 0.6) is 0 Å². The van der Waals surface area contributed by atoms with Crippen LogP contribution in [0.15, 0.2) is 42.5 Å². The number of imide groups is 1. The summed E-state index contributed by atoms with van der Waals surface area (Å²) in [7, 11) is 0. The number of hydrogen-bond acceptors (Lipinski definition) is 4. The van der Waals surface area contributed by atoms with Crippen molar-refractivity contribution in [3.8, 4) is 6.19 Å². The lowest BCUT2D eigenvalue weighted by atomic mass is 10.1. The Morgan fingerprint density at radius 3 is 2.39 bits per heavy atom. The predicted octanol–water partition coefficient (Wildman–Crippen LogP) is 1.62. The zero-order chi connectivity index (χ0) is 17.2. The maximum atomic E-state index is 12.2. The molecular formula is C16H17N3O4. The van der Waals surface area contributed by atoms with Gasteiger partial charge in [0.2, 0.25) is 0 Å². The van der Waals surface area contributed by atoms with Crippen LogP contribution in [0.25, 0.3) is 0 Å². The van der Waals surface area contributed by atoms with Crippen LogP contribution in [0.1, 0.15) is 12.5 Å². The molecule has 0 spiro atoms. The molecule has 1 rings (SSSR count). The van der Waals surface area contributed by atoms with Crippen LogP contribution < -0.4 is 0 Å². The highest BCUT2D eigenvalue weighted by Crippen LogP contribution is 2.06. The molecule has 0 saturated heterocycles. The third kappa shape index (κ3) is 5.63.